The summed E-state index contributed by atoms with van der Waals surface area (Å²) in [5.41, 5.74) is 1.14. The van der Waals surface area contributed by atoms with E-state index in [4.69, 9.17) is 0 Å². The molecule has 0 atom stereocenters. The molecule has 0 aromatic carbocycles. The van der Waals surface area contributed by atoms with Crippen LogP contribution in [0.3, 0.4) is 0 Å². The summed E-state index contributed by atoms with van der Waals surface area (Å²) < 4.78 is 0. The molecule has 20 heavy (non-hydrogen) atoms. The van der Waals surface area contributed by atoms with E-state index in [1.54, 1.807) is 0 Å². The number of nitrogens with zero attached hydrogens (tertiary/aromatic N) is 3. The SMILES string of the molecule is CC(C)(C)NCc1cnc(N2CCNC(=O)CC2)nc1. The first kappa shape index (κ1) is 14.7. The van der Waals surface area contributed by atoms with Crippen LogP contribution in [0.5, 0.6) is 0 Å². The van der Waals surface area contributed by atoms with E-state index in [2.05, 4.69) is 41.4 Å². The van der Waals surface area contributed by atoms with Crippen LogP contribution in [0.4, 0.5) is 5.95 Å². The van der Waals surface area contributed by atoms with E-state index in [-0.39, 0.29) is 11.4 Å². The van der Waals surface area contributed by atoms with E-state index in [0.717, 1.165) is 18.7 Å². The van der Waals surface area contributed by atoms with Crippen LogP contribution in [0.1, 0.15) is 32.8 Å². The standard InChI is InChI=1S/C14H23N5O/c1-14(2,3)18-10-11-8-16-13(17-9-11)19-6-4-12(20)15-5-7-19/h8-9,18H,4-7,10H2,1-3H3,(H,15,20). The van der Waals surface area contributed by atoms with Crippen LogP contribution in [0.15, 0.2) is 12.4 Å². The smallest absolute Gasteiger partial charge is 0.225 e. The van der Waals surface area contributed by atoms with Crippen molar-refractivity contribution in [2.45, 2.75) is 39.3 Å². The number of carbonyl (C=O) groups is 1. The summed E-state index contributed by atoms with van der Waals surface area (Å²) in [5, 5.41) is 6.25. The fourth-order valence-corrected chi connectivity index (χ4v) is 1.94. The Balaban J connectivity index is 1.95. The van der Waals surface area contributed by atoms with Gasteiger partial charge >= 0.3 is 0 Å². The maximum Gasteiger partial charge on any atom is 0.225 e. The Labute approximate surface area is 120 Å². The van der Waals surface area contributed by atoms with Crippen molar-refractivity contribution >= 4 is 11.9 Å². The highest BCUT2D eigenvalue weighted by molar-refractivity contribution is 5.76. The molecule has 0 bridgehead atoms. The number of nitrogens with one attached hydrogen (secondary N) is 2. The van der Waals surface area contributed by atoms with E-state index in [9.17, 15) is 4.79 Å². The van der Waals surface area contributed by atoms with Crippen LogP contribution >= 0.6 is 0 Å². The van der Waals surface area contributed by atoms with E-state index in [0.29, 0.717) is 25.5 Å². The van der Waals surface area contributed by atoms with Gasteiger partial charge in [0, 0.05) is 56.1 Å². The number of rotatable bonds is 3. The fraction of sp³-hybridized carbons (Fsp3) is 0.643. The van der Waals surface area contributed by atoms with Gasteiger partial charge in [0.1, 0.15) is 0 Å². The zero-order chi connectivity index (χ0) is 14.6. The first-order valence-electron chi connectivity index (χ1n) is 7.02. The predicted octanol–water partition coefficient (Wildman–Crippen LogP) is 0.691. The summed E-state index contributed by atoms with van der Waals surface area (Å²) in [6.07, 6.45) is 4.19. The van der Waals surface area contributed by atoms with Crippen LogP contribution in [0.2, 0.25) is 0 Å². The first-order valence-corrected chi connectivity index (χ1v) is 7.02. The molecule has 2 rings (SSSR count). The Morgan fingerprint density at radius 2 is 2.00 bits per heavy atom. The molecule has 1 fully saturated rings. The summed E-state index contributed by atoms with van der Waals surface area (Å²) in [7, 11) is 0. The Bertz CT molecular complexity index is 452. The van der Waals surface area contributed by atoms with Gasteiger partial charge in [-0.25, -0.2) is 9.97 Å². The van der Waals surface area contributed by atoms with E-state index in [1.807, 2.05) is 17.3 Å². The molecule has 0 radical (unpaired) electrons. The number of hydrogen-bond acceptors (Lipinski definition) is 5. The fourth-order valence-electron chi connectivity index (χ4n) is 1.94. The van der Waals surface area contributed by atoms with Crippen molar-refractivity contribution in [3.8, 4) is 0 Å². The lowest BCUT2D eigenvalue weighted by molar-refractivity contribution is -0.120. The number of anilines is 1. The molecule has 1 saturated heterocycles. The van der Waals surface area contributed by atoms with E-state index < -0.39 is 0 Å². The third-order valence-corrected chi connectivity index (χ3v) is 3.11. The molecule has 6 nitrogen and oxygen atoms in total. The van der Waals surface area contributed by atoms with Gasteiger partial charge in [0.2, 0.25) is 11.9 Å². The number of amides is 1. The van der Waals surface area contributed by atoms with Gasteiger partial charge in [0.15, 0.2) is 0 Å². The molecule has 6 heteroatoms. The molecular weight excluding hydrogens is 254 g/mol. The van der Waals surface area contributed by atoms with Gasteiger partial charge in [-0.15, -0.1) is 0 Å². The lowest BCUT2D eigenvalue weighted by Gasteiger charge is -2.21. The van der Waals surface area contributed by atoms with Crippen LogP contribution in [-0.4, -0.2) is 41.0 Å². The Morgan fingerprint density at radius 3 is 2.65 bits per heavy atom. The van der Waals surface area contributed by atoms with Gasteiger partial charge < -0.3 is 15.5 Å². The second-order valence-electron chi connectivity index (χ2n) is 6.08. The normalized spacial score (nSPS) is 16.8. The number of carbonyl (C=O) groups excluding carboxylic acids is 1. The molecule has 2 N–H and O–H groups in total. The summed E-state index contributed by atoms with van der Waals surface area (Å²) in [5.74, 6) is 0.791. The quantitative estimate of drug-likeness (QED) is 0.851. The molecule has 2 heterocycles. The molecule has 1 aromatic rings. The highest BCUT2D eigenvalue weighted by Gasteiger charge is 2.15. The molecular formula is C14H23N5O. The summed E-state index contributed by atoms with van der Waals surface area (Å²) in [4.78, 5) is 22.2. The second-order valence-corrected chi connectivity index (χ2v) is 6.08. The van der Waals surface area contributed by atoms with Gasteiger partial charge in [0.05, 0.1) is 0 Å². The average molecular weight is 277 g/mol. The number of aromatic nitrogens is 2. The van der Waals surface area contributed by atoms with Gasteiger partial charge in [-0.3, -0.25) is 4.79 Å². The first-order chi connectivity index (χ1) is 9.44. The van der Waals surface area contributed by atoms with Crippen molar-refractivity contribution in [1.82, 2.24) is 20.6 Å². The zero-order valence-corrected chi connectivity index (χ0v) is 12.4. The largest absolute Gasteiger partial charge is 0.354 e. The van der Waals surface area contributed by atoms with Crippen molar-refractivity contribution < 1.29 is 4.79 Å². The summed E-state index contributed by atoms with van der Waals surface area (Å²) >= 11 is 0. The van der Waals surface area contributed by atoms with Crippen LogP contribution < -0.4 is 15.5 Å². The Hall–Kier alpha value is -1.69. The van der Waals surface area contributed by atoms with Gasteiger partial charge in [0.25, 0.3) is 0 Å². The molecule has 110 valence electrons. The second kappa shape index (κ2) is 6.17. The Morgan fingerprint density at radius 1 is 1.30 bits per heavy atom. The molecule has 0 spiro atoms. The van der Waals surface area contributed by atoms with Crippen molar-refractivity contribution in [2.75, 3.05) is 24.5 Å². The minimum Gasteiger partial charge on any atom is -0.354 e. The third kappa shape index (κ3) is 4.45. The topological polar surface area (TPSA) is 70.2 Å². The van der Waals surface area contributed by atoms with Crippen molar-refractivity contribution in [2.24, 2.45) is 0 Å². The Kier molecular flexibility index (Phi) is 4.54. The third-order valence-electron chi connectivity index (χ3n) is 3.11. The lowest BCUT2D eigenvalue weighted by atomic mass is 10.1. The maximum atomic E-state index is 11.3. The lowest BCUT2D eigenvalue weighted by Crippen LogP contribution is -2.35. The molecule has 1 amide bonds. The van der Waals surface area contributed by atoms with Crippen LogP contribution in [0, 0.1) is 0 Å². The van der Waals surface area contributed by atoms with Gasteiger partial charge in [-0.05, 0) is 20.8 Å². The minimum absolute atomic E-state index is 0.0789. The van der Waals surface area contributed by atoms with E-state index in [1.165, 1.54) is 0 Å². The molecule has 0 unspecified atom stereocenters. The summed E-state index contributed by atoms with van der Waals surface area (Å²) in [6, 6.07) is 0. The van der Waals surface area contributed by atoms with Crippen molar-refractivity contribution in [1.29, 1.82) is 0 Å². The average Bonchev–Trinajstić information content (AvgIpc) is 2.61. The highest BCUT2D eigenvalue weighted by Crippen LogP contribution is 2.10. The van der Waals surface area contributed by atoms with Crippen molar-refractivity contribution in [3.05, 3.63) is 18.0 Å². The van der Waals surface area contributed by atoms with Gasteiger partial charge in [-0.2, -0.15) is 0 Å². The van der Waals surface area contributed by atoms with Gasteiger partial charge in [-0.1, -0.05) is 0 Å². The van der Waals surface area contributed by atoms with E-state index >= 15 is 0 Å². The monoisotopic (exact) mass is 277 g/mol. The zero-order valence-electron chi connectivity index (χ0n) is 12.4. The maximum absolute atomic E-state index is 11.3. The minimum atomic E-state index is 0.0789. The molecule has 0 saturated carbocycles. The van der Waals surface area contributed by atoms with Crippen LogP contribution in [0.25, 0.3) is 0 Å². The van der Waals surface area contributed by atoms with Crippen LogP contribution in [-0.2, 0) is 11.3 Å². The molecule has 1 aromatic heterocycles. The molecule has 1 aliphatic heterocycles. The summed E-state index contributed by atoms with van der Waals surface area (Å²) in [6.45, 7) is 9.21. The highest BCUT2D eigenvalue weighted by atomic mass is 16.1. The van der Waals surface area contributed by atoms with Crippen molar-refractivity contribution in [3.63, 3.8) is 0 Å². The molecule has 1 aliphatic rings. The molecule has 0 aliphatic carbocycles. The predicted molar refractivity (Wildman–Crippen MR) is 78.5 cm³/mol. The number of hydrogen-bond donors (Lipinski definition) is 2.